The lowest BCUT2D eigenvalue weighted by Gasteiger charge is -2.14. The average Bonchev–Trinajstić information content (AvgIpc) is 3.33. The molecule has 1 atom stereocenters. The van der Waals surface area contributed by atoms with E-state index in [1.54, 1.807) is 0 Å². The Morgan fingerprint density at radius 1 is 1.15 bits per heavy atom. The number of hydrogen-bond donors (Lipinski definition) is 1. The Labute approximate surface area is 154 Å². The zero-order valence-electron chi connectivity index (χ0n) is 14.8. The third kappa shape index (κ3) is 4.34. The first-order valence-electron chi connectivity index (χ1n) is 8.91. The van der Waals surface area contributed by atoms with Gasteiger partial charge in [-0.1, -0.05) is 30.3 Å². The largest absolute Gasteiger partial charge is 0.438 e. The predicted octanol–water partition coefficient (Wildman–Crippen LogP) is 2.82. The SMILES string of the molecule is CC(CCc1ccccc1)NC(=O)c1ccc(S(=O)(=O)N2CCCC2)o1. The van der Waals surface area contributed by atoms with E-state index in [2.05, 4.69) is 17.4 Å². The molecule has 1 N–H and O–H groups in total. The van der Waals surface area contributed by atoms with Crippen molar-refractivity contribution in [2.45, 2.75) is 43.7 Å². The van der Waals surface area contributed by atoms with Gasteiger partial charge in [0.15, 0.2) is 5.76 Å². The minimum absolute atomic E-state index is 0.0225. The van der Waals surface area contributed by atoms with Crippen LogP contribution in [-0.2, 0) is 16.4 Å². The number of carbonyl (C=O) groups is 1. The van der Waals surface area contributed by atoms with Crippen molar-refractivity contribution in [3.05, 3.63) is 53.8 Å². The van der Waals surface area contributed by atoms with Crippen molar-refractivity contribution in [3.8, 4) is 0 Å². The van der Waals surface area contributed by atoms with Gasteiger partial charge < -0.3 is 9.73 Å². The minimum Gasteiger partial charge on any atom is -0.438 e. The van der Waals surface area contributed by atoms with Gasteiger partial charge in [0.1, 0.15) is 0 Å². The first-order chi connectivity index (χ1) is 12.5. The fraction of sp³-hybridized carbons (Fsp3) is 0.421. The van der Waals surface area contributed by atoms with Gasteiger partial charge >= 0.3 is 0 Å². The van der Waals surface area contributed by atoms with Crippen LogP contribution < -0.4 is 5.32 Å². The van der Waals surface area contributed by atoms with E-state index >= 15 is 0 Å². The maximum atomic E-state index is 12.5. The fourth-order valence-electron chi connectivity index (χ4n) is 3.03. The minimum atomic E-state index is -3.64. The second kappa shape index (κ2) is 8.05. The van der Waals surface area contributed by atoms with Crippen molar-refractivity contribution in [1.82, 2.24) is 9.62 Å². The third-order valence-corrected chi connectivity index (χ3v) is 6.32. The zero-order chi connectivity index (χ0) is 18.6. The van der Waals surface area contributed by atoms with Gasteiger partial charge in [0.05, 0.1) is 0 Å². The third-order valence-electron chi connectivity index (χ3n) is 4.55. The summed E-state index contributed by atoms with van der Waals surface area (Å²) in [4.78, 5) is 12.3. The smallest absolute Gasteiger partial charge is 0.287 e. The lowest BCUT2D eigenvalue weighted by molar-refractivity contribution is 0.0905. The van der Waals surface area contributed by atoms with Gasteiger partial charge in [-0.15, -0.1) is 0 Å². The Balaban J connectivity index is 1.57. The second-order valence-corrected chi connectivity index (χ2v) is 8.50. The van der Waals surface area contributed by atoms with Gasteiger partial charge in [-0.25, -0.2) is 8.42 Å². The van der Waals surface area contributed by atoms with E-state index in [4.69, 9.17) is 4.42 Å². The molecule has 1 aliphatic rings. The monoisotopic (exact) mass is 376 g/mol. The zero-order valence-corrected chi connectivity index (χ0v) is 15.7. The van der Waals surface area contributed by atoms with E-state index in [0.717, 1.165) is 25.7 Å². The van der Waals surface area contributed by atoms with Gasteiger partial charge in [0.25, 0.3) is 15.9 Å². The highest BCUT2D eigenvalue weighted by atomic mass is 32.2. The van der Waals surface area contributed by atoms with Crippen LogP contribution >= 0.6 is 0 Å². The van der Waals surface area contributed by atoms with Crippen LogP contribution in [0.2, 0.25) is 0 Å². The molecule has 140 valence electrons. The summed E-state index contributed by atoms with van der Waals surface area (Å²) in [5.41, 5.74) is 1.21. The first-order valence-corrected chi connectivity index (χ1v) is 10.4. The van der Waals surface area contributed by atoms with E-state index in [1.165, 1.54) is 22.0 Å². The van der Waals surface area contributed by atoms with Crippen molar-refractivity contribution in [3.63, 3.8) is 0 Å². The highest BCUT2D eigenvalue weighted by molar-refractivity contribution is 7.89. The molecule has 1 unspecified atom stereocenters. The number of sulfonamides is 1. The molecule has 6 nitrogen and oxygen atoms in total. The van der Waals surface area contributed by atoms with Crippen LogP contribution in [0.1, 0.15) is 42.3 Å². The molecular weight excluding hydrogens is 352 g/mol. The van der Waals surface area contributed by atoms with Crippen LogP contribution in [0.4, 0.5) is 0 Å². The van der Waals surface area contributed by atoms with Gasteiger partial charge in [0, 0.05) is 19.1 Å². The molecule has 0 spiro atoms. The summed E-state index contributed by atoms with van der Waals surface area (Å²) in [5, 5.41) is 2.69. The summed E-state index contributed by atoms with van der Waals surface area (Å²) >= 11 is 0. The number of rotatable bonds is 7. The van der Waals surface area contributed by atoms with Crippen molar-refractivity contribution in [2.24, 2.45) is 0 Å². The maximum absolute atomic E-state index is 12.5. The number of furan rings is 1. The molecule has 1 aromatic carbocycles. The Morgan fingerprint density at radius 3 is 2.54 bits per heavy atom. The van der Waals surface area contributed by atoms with E-state index in [9.17, 15) is 13.2 Å². The molecule has 0 aliphatic carbocycles. The molecule has 1 saturated heterocycles. The fourth-order valence-corrected chi connectivity index (χ4v) is 4.46. The molecule has 0 radical (unpaired) electrons. The molecule has 7 heteroatoms. The predicted molar refractivity (Wildman–Crippen MR) is 98.4 cm³/mol. The van der Waals surface area contributed by atoms with Crippen molar-refractivity contribution < 1.29 is 17.6 Å². The van der Waals surface area contributed by atoms with Gasteiger partial charge in [0.2, 0.25) is 5.09 Å². The molecule has 1 aliphatic heterocycles. The number of nitrogens with one attached hydrogen (secondary N) is 1. The Kier molecular flexibility index (Phi) is 5.78. The highest BCUT2D eigenvalue weighted by Crippen LogP contribution is 2.22. The van der Waals surface area contributed by atoms with Crippen LogP contribution in [0.25, 0.3) is 0 Å². The lowest BCUT2D eigenvalue weighted by atomic mass is 10.1. The molecule has 2 heterocycles. The topological polar surface area (TPSA) is 79.6 Å². The van der Waals surface area contributed by atoms with Crippen LogP contribution in [0.3, 0.4) is 0 Å². The van der Waals surface area contributed by atoms with Gasteiger partial charge in [-0.3, -0.25) is 4.79 Å². The first kappa shape index (κ1) is 18.7. The lowest BCUT2D eigenvalue weighted by Crippen LogP contribution is -2.32. The summed E-state index contributed by atoms with van der Waals surface area (Å²) < 4.78 is 31.6. The summed E-state index contributed by atoms with van der Waals surface area (Å²) in [7, 11) is -3.64. The second-order valence-electron chi connectivity index (χ2n) is 6.63. The Hall–Kier alpha value is -2.12. The number of benzene rings is 1. The van der Waals surface area contributed by atoms with Crippen molar-refractivity contribution in [1.29, 1.82) is 0 Å². The molecule has 0 saturated carbocycles. The Bertz CT molecular complexity index is 839. The van der Waals surface area contributed by atoms with Gasteiger partial charge in [-0.2, -0.15) is 4.31 Å². The number of aryl methyl sites for hydroxylation is 1. The molecule has 3 rings (SSSR count). The Morgan fingerprint density at radius 2 is 1.85 bits per heavy atom. The van der Waals surface area contributed by atoms with E-state index in [1.807, 2.05) is 25.1 Å². The number of hydrogen-bond acceptors (Lipinski definition) is 4. The standard InChI is InChI=1S/C19H24N2O4S/c1-15(9-10-16-7-3-2-4-8-16)20-19(22)17-11-12-18(25-17)26(23,24)21-13-5-6-14-21/h2-4,7-8,11-12,15H,5-6,9-10,13-14H2,1H3,(H,20,22). The molecule has 26 heavy (non-hydrogen) atoms. The molecular formula is C19H24N2O4S. The maximum Gasteiger partial charge on any atom is 0.287 e. The quantitative estimate of drug-likeness (QED) is 0.806. The normalized spacial score (nSPS) is 16.5. The molecule has 2 aromatic rings. The van der Waals surface area contributed by atoms with Crippen LogP contribution in [0.5, 0.6) is 0 Å². The summed E-state index contributed by atoms with van der Waals surface area (Å²) in [5.74, 6) is -0.372. The van der Waals surface area contributed by atoms with Crippen molar-refractivity contribution >= 4 is 15.9 Å². The van der Waals surface area contributed by atoms with Gasteiger partial charge in [-0.05, 0) is 50.3 Å². The van der Waals surface area contributed by atoms with E-state index < -0.39 is 15.9 Å². The number of carbonyl (C=O) groups excluding carboxylic acids is 1. The highest BCUT2D eigenvalue weighted by Gasteiger charge is 2.30. The van der Waals surface area contributed by atoms with Crippen LogP contribution in [-0.4, -0.2) is 37.8 Å². The van der Waals surface area contributed by atoms with Crippen LogP contribution in [0, 0.1) is 0 Å². The summed E-state index contributed by atoms with van der Waals surface area (Å²) in [6.07, 6.45) is 3.35. The van der Waals surface area contributed by atoms with E-state index in [0.29, 0.717) is 13.1 Å². The summed E-state index contributed by atoms with van der Waals surface area (Å²) in [6.45, 7) is 2.92. The molecule has 1 amide bonds. The summed E-state index contributed by atoms with van der Waals surface area (Å²) in [6, 6.07) is 12.8. The molecule has 1 aromatic heterocycles. The number of nitrogens with zero attached hydrogens (tertiary/aromatic N) is 1. The van der Waals surface area contributed by atoms with E-state index in [-0.39, 0.29) is 16.9 Å². The average molecular weight is 376 g/mol. The van der Waals surface area contributed by atoms with Crippen LogP contribution in [0.15, 0.2) is 52.0 Å². The number of amides is 1. The van der Waals surface area contributed by atoms with Crippen molar-refractivity contribution in [2.75, 3.05) is 13.1 Å². The molecule has 1 fully saturated rings. The molecule has 0 bridgehead atoms.